The Morgan fingerprint density at radius 2 is 1.28 bits per heavy atom. The number of aliphatic hydroxyl groups is 1. The van der Waals surface area contributed by atoms with Crippen LogP contribution in [0.3, 0.4) is 0 Å². The van der Waals surface area contributed by atoms with Crippen LogP contribution in [0.25, 0.3) is 11.4 Å². The van der Waals surface area contributed by atoms with Gasteiger partial charge in [-0.3, -0.25) is 4.90 Å². The first kappa shape index (κ1) is 44.3. The maximum Gasteiger partial charge on any atom is 0.408 e. The Morgan fingerprint density at radius 1 is 0.793 bits per heavy atom. The average Bonchev–Trinajstić information content (AvgIpc) is 3.64. The smallest absolute Gasteiger partial charge is 0.408 e. The largest absolute Gasteiger partial charge is 0.497 e. The van der Waals surface area contributed by atoms with Gasteiger partial charge in [-0.2, -0.15) is 9.10 Å². The summed E-state index contributed by atoms with van der Waals surface area (Å²) in [6.07, 6.45) is -1.46. The van der Waals surface area contributed by atoms with Crippen LogP contribution >= 0.6 is 22.6 Å². The lowest BCUT2D eigenvalue weighted by molar-refractivity contribution is 0.0543. The number of tetrazole rings is 1. The van der Waals surface area contributed by atoms with Crippen molar-refractivity contribution in [2.75, 3.05) is 33.7 Å². The molecule has 0 radical (unpaired) electrons. The topological polar surface area (TPSA) is 204 Å². The number of halogens is 1. The molecule has 5 rings (SSSR count). The van der Waals surface area contributed by atoms with Crippen LogP contribution < -0.4 is 14.2 Å². The van der Waals surface area contributed by atoms with Crippen LogP contribution in [0.5, 0.6) is 17.2 Å². The monoisotopic (exact) mass is 948 g/mol. The number of nitrogens with zero attached hydrogens (tertiary/aromatic N) is 6. The fraction of sp³-hybridized carbons (Fsp3) is 0.333. The third-order valence-electron chi connectivity index (χ3n) is 9.12. The standard InChI is InChI=1S/C39H45IN6O10S2/c1-39(2,3)46(38(48)49)29(24-47)25-57(50,51)34-20-19-33(40)35(37-41-43-45(42-37)23-28-11-17-32(56-6)18-12-28)36(34)58(52,53)44(21-26-7-13-30(54-4)14-8-26)22-27-9-15-31(55-5)16-10-27/h7-20,29,47H,21-25H2,1-6H3,(H,48,49)/t29-/m0/s1. The van der Waals surface area contributed by atoms with Gasteiger partial charge in [0.15, 0.2) is 9.84 Å². The van der Waals surface area contributed by atoms with Gasteiger partial charge in [0.2, 0.25) is 15.8 Å². The van der Waals surface area contributed by atoms with Gasteiger partial charge in [0, 0.05) is 22.2 Å². The number of sulfonamides is 1. The fourth-order valence-electron chi connectivity index (χ4n) is 6.32. The minimum atomic E-state index is -4.85. The normalized spacial score (nSPS) is 12.6. The van der Waals surface area contributed by atoms with E-state index in [4.69, 9.17) is 14.2 Å². The molecule has 310 valence electrons. The van der Waals surface area contributed by atoms with Crippen molar-refractivity contribution in [2.45, 2.75) is 61.8 Å². The second-order valence-corrected chi connectivity index (χ2v) is 19.2. The minimum Gasteiger partial charge on any atom is -0.497 e. The van der Waals surface area contributed by atoms with Crippen molar-refractivity contribution in [2.24, 2.45) is 0 Å². The SMILES string of the molecule is COc1ccc(CN(Cc2ccc(OC)cc2)S(=O)(=O)c2c(S(=O)(=O)C[C@H](CO)N(C(=O)O)C(C)(C)C)ccc(I)c2-c2nnn(Cc3ccc(OC)cc3)n2)cc1. The lowest BCUT2D eigenvalue weighted by Gasteiger charge is -2.38. The summed E-state index contributed by atoms with van der Waals surface area (Å²) in [4.78, 5) is 13.3. The number of methoxy groups -OCH3 is 3. The average molecular weight is 949 g/mol. The molecule has 0 aliphatic carbocycles. The van der Waals surface area contributed by atoms with Crippen LogP contribution in [0.4, 0.5) is 4.79 Å². The highest BCUT2D eigenvalue weighted by Gasteiger charge is 2.41. The quantitative estimate of drug-likeness (QED) is 0.114. The first-order valence-electron chi connectivity index (χ1n) is 17.8. The molecule has 0 aliphatic heterocycles. The highest BCUT2D eigenvalue weighted by molar-refractivity contribution is 14.1. The van der Waals surface area contributed by atoms with E-state index in [2.05, 4.69) is 15.4 Å². The van der Waals surface area contributed by atoms with Crippen molar-refractivity contribution in [3.8, 4) is 28.6 Å². The van der Waals surface area contributed by atoms with Gasteiger partial charge >= 0.3 is 6.09 Å². The Bertz CT molecular complexity index is 2370. The van der Waals surface area contributed by atoms with Crippen molar-refractivity contribution in [3.63, 3.8) is 0 Å². The van der Waals surface area contributed by atoms with Gasteiger partial charge in [-0.25, -0.2) is 21.6 Å². The van der Waals surface area contributed by atoms with E-state index in [1.807, 2.05) is 22.6 Å². The third kappa shape index (κ3) is 10.2. The van der Waals surface area contributed by atoms with Crippen LogP contribution in [0.2, 0.25) is 0 Å². The fourth-order valence-corrected chi connectivity index (χ4v) is 11.2. The molecule has 0 bridgehead atoms. The van der Waals surface area contributed by atoms with Crippen molar-refractivity contribution >= 4 is 48.5 Å². The van der Waals surface area contributed by atoms with Gasteiger partial charge in [-0.15, -0.1) is 10.2 Å². The molecule has 0 unspecified atom stereocenters. The Labute approximate surface area is 351 Å². The summed E-state index contributed by atoms with van der Waals surface area (Å²) in [5.41, 5.74) is 0.677. The predicted molar refractivity (Wildman–Crippen MR) is 223 cm³/mol. The number of sulfone groups is 1. The number of ether oxygens (including phenoxy) is 3. The number of carbonyl (C=O) groups is 1. The van der Waals surface area contributed by atoms with Gasteiger partial charge in [-0.05, 0) is 114 Å². The molecule has 1 amide bonds. The van der Waals surface area contributed by atoms with E-state index in [0.717, 1.165) is 14.8 Å². The first-order chi connectivity index (χ1) is 27.4. The van der Waals surface area contributed by atoms with Gasteiger partial charge in [0.05, 0.1) is 56.7 Å². The van der Waals surface area contributed by atoms with E-state index in [9.17, 15) is 23.4 Å². The van der Waals surface area contributed by atoms with Crippen molar-refractivity contribution < 1.29 is 46.1 Å². The molecular formula is C39H45IN6O10S2. The molecule has 1 atom stereocenters. The van der Waals surface area contributed by atoms with Crippen LogP contribution in [0.1, 0.15) is 37.5 Å². The molecule has 1 heterocycles. The molecular weight excluding hydrogens is 903 g/mol. The number of hydrogen-bond donors (Lipinski definition) is 2. The highest BCUT2D eigenvalue weighted by Crippen LogP contribution is 2.39. The zero-order chi connectivity index (χ0) is 42.4. The number of rotatable bonds is 17. The summed E-state index contributed by atoms with van der Waals surface area (Å²) < 4.78 is 77.6. The van der Waals surface area contributed by atoms with Crippen LogP contribution in [0, 0.1) is 3.57 Å². The molecule has 0 saturated carbocycles. The summed E-state index contributed by atoms with van der Waals surface area (Å²) in [7, 11) is -5.00. The molecule has 2 N–H and O–H groups in total. The highest BCUT2D eigenvalue weighted by atomic mass is 127. The Morgan fingerprint density at radius 3 is 1.71 bits per heavy atom. The van der Waals surface area contributed by atoms with Crippen molar-refractivity contribution in [1.29, 1.82) is 0 Å². The number of amides is 1. The zero-order valence-corrected chi connectivity index (χ0v) is 36.5. The van der Waals surface area contributed by atoms with Gasteiger partial charge in [0.1, 0.15) is 22.1 Å². The molecule has 0 aliphatic rings. The summed E-state index contributed by atoms with van der Waals surface area (Å²) in [6, 6.07) is 21.8. The molecule has 0 fully saturated rings. The lowest BCUT2D eigenvalue weighted by Crippen LogP contribution is -2.55. The van der Waals surface area contributed by atoms with E-state index in [0.29, 0.717) is 31.9 Å². The van der Waals surface area contributed by atoms with Crippen LogP contribution in [-0.4, -0.2) is 108 Å². The molecule has 0 spiro atoms. The van der Waals surface area contributed by atoms with E-state index >= 15 is 8.42 Å². The summed E-state index contributed by atoms with van der Waals surface area (Å²) in [6.45, 7) is 3.58. The maximum atomic E-state index is 15.5. The Hall–Kier alpha value is -4.83. The molecule has 16 nitrogen and oxygen atoms in total. The molecule has 4 aromatic carbocycles. The molecule has 1 aromatic heterocycles. The first-order valence-corrected chi connectivity index (χ1v) is 21.9. The van der Waals surface area contributed by atoms with E-state index in [1.165, 1.54) is 31.1 Å². The second kappa shape index (κ2) is 18.4. The minimum absolute atomic E-state index is 0.122. The number of benzene rings is 4. The Balaban J connectivity index is 1.73. The Kier molecular flexibility index (Phi) is 14.0. The number of aromatic nitrogens is 4. The summed E-state index contributed by atoms with van der Waals surface area (Å²) in [5.74, 6) is 0.640. The van der Waals surface area contributed by atoms with Crippen LogP contribution in [-0.2, 0) is 39.5 Å². The molecule has 19 heteroatoms. The van der Waals surface area contributed by atoms with Gasteiger partial charge in [0.25, 0.3) is 0 Å². The van der Waals surface area contributed by atoms with E-state index < -0.39 is 59.7 Å². The third-order valence-corrected chi connectivity index (χ3v) is 13.9. The molecule has 58 heavy (non-hydrogen) atoms. The lowest BCUT2D eigenvalue weighted by atomic mass is 10.0. The predicted octanol–water partition coefficient (Wildman–Crippen LogP) is 5.32. The summed E-state index contributed by atoms with van der Waals surface area (Å²) >= 11 is 1.90. The summed E-state index contributed by atoms with van der Waals surface area (Å²) in [5, 5.41) is 33.5. The molecule has 0 saturated heterocycles. The van der Waals surface area contributed by atoms with Crippen molar-refractivity contribution in [1.82, 2.24) is 29.4 Å². The van der Waals surface area contributed by atoms with Gasteiger partial charge < -0.3 is 24.4 Å². The molecule has 5 aromatic rings. The maximum absolute atomic E-state index is 15.5. The van der Waals surface area contributed by atoms with E-state index in [1.54, 1.807) is 101 Å². The van der Waals surface area contributed by atoms with E-state index in [-0.39, 0.29) is 31.0 Å². The zero-order valence-electron chi connectivity index (χ0n) is 32.7. The second-order valence-electron chi connectivity index (χ2n) is 14.2. The number of aliphatic hydroxyl groups excluding tert-OH is 1. The number of carboxylic acid groups (broad SMARTS) is 1. The number of hydrogen-bond acceptors (Lipinski definition) is 12. The van der Waals surface area contributed by atoms with Crippen molar-refractivity contribution in [3.05, 3.63) is 105 Å². The van der Waals surface area contributed by atoms with Gasteiger partial charge in [-0.1, -0.05) is 36.4 Å². The van der Waals surface area contributed by atoms with Crippen LogP contribution in [0.15, 0.2) is 94.7 Å².